The Hall–Kier alpha value is -4.70. The summed E-state index contributed by atoms with van der Waals surface area (Å²) in [6.45, 7) is 23.2. The van der Waals surface area contributed by atoms with Gasteiger partial charge in [0, 0.05) is 45.1 Å². The number of aromatic nitrogens is 1. The maximum Gasteiger partial charge on any atom is 0.275 e. The third-order valence-corrected chi connectivity index (χ3v) is 11.2. The average molecular weight is 640 g/mol. The van der Waals surface area contributed by atoms with Crippen molar-refractivity contribution in [2.45, 2.75) is 85.5 Å². The zero-order valence-electron chi connectivity index (χ0n) is 30.7. The van der Waals surface area contributed by atoms with Crippen LogP contribution < -0.4 is 26.3 Å². The Morgan fingerprint density at radius 1 is 0.490 bits per heavy atom. The van der Waals surface area contributed by atoms with E-state index in [9.17, 15) is 0 Å². The first-order valence-electron chi connectivity index (χ1n) is 17.9. The summed E-state index contributed by atoms with van der Waals surface area (Å²) in [6, 6.07) is 37.6. The fraction of sp³-hybridized carbons (Fsp3) is 0.289. The highest BCUT2D eigenvalue weighted by molar-refractivity contribution is 7.02. The summed E-state index contributed by atoms with van der Waals surface area (Å²) < 4.78 is 2.61. The molecule has 49 heavy (non-hydrogen) atoms. The molecule has 244 valence electrons. The molecule has 0 N–H and O–H groups in total. The lowest BCUT2D eigenvalue weighted by atomic mass is 9.36. The third-order valence-electron chi connectivity index (χ3n) is 11.2. The fourth-order valence-corrected chi connectivity index (χ4v) is 8.59. The lowest BCUT2D eigenvalue weighted by Gasteiger charge is -2.42. The van der Waals surface area contributed by atoms with Crippen molar-refractivity contribution in [2.24, 2.45) is 0 Å². The highest BCUT2D eigenvalue weighted by Gasteiger charge is 2.51. The maximum atomic E-state index is 2.61. The molecule has 0 spiro atoms. The Bertz CT molecular complexity index is 2340. The minimum Gasteiger partial charge on any atom is -0.320 e. The Labute approximate surface area is 292 Å². The number of para-hydroxylation sites is 1. The third kappa shape index (κ3) is 4.22. The van der Waals surface area contributed by atoms with E-state index >= 15 is 0 Å². The van der Waals surface area contributed by atoms with Gasteiger partial charge in [0.05, 0.1) is 11.2 Å². The smallest absolute Gasteiger partial charge is 0.275 e. The topological polar surface area (TPSA) is 11.4 Å². The molecule has 0 bridgehead atoms. The molecular formula is C45H46BN3. The van der Waals surface area contributed by atoms with Crippen LogP contribution in [0.3, 0.4) is 0 Å². The summed E-state index contributed by atoms with van der Waals surface area (Å²) in [5, 5.41) is 1.31. The Morgan fingerprint density at radius 3 is 1.53 bits per heavy atom. The van der Waals surface area contributed by atoms with Crippen LogP contribution in [0.1, 0.15) is 84.6 Å². The normalized spacial score (nSPS) is 14.6. The summed E-state index contributed by atoms with van der Waals surface area (Å²) in [4.78, 5) is 5.15. The minimum atomic E-state index is -0.0175. The molecule has 0 aliphatic carbocycles. The van der Waals surface area contributed by atoms with E-state index in [2.05, 4.69) is 181 Å². The first kappa shape index (κ1) is 30.4. The Balaban J connectivity index is 1.41. The molecule has 0 radical (unpaired) electrons. The first-order valence-corrected chi connectivity index (χ1v) is 17.9. The molecule has 3 aliphatic rings. The zero-order valence-corrected chi connectivity index (χ0v) is 30.7. The number of fused-ring (bicyclic) bond motifs is 4. The van der Waals surface area contributed by atoms with Gasteiger partial charge in [0.15, 0.2) is 0 Å². The highest BCUT2D eigenvalue weighted by atomic mass is 15.2. The van der Waals surface area contributed by atoms with Crippen LogP contribution in [0, 0.1) is 6.92 Å². The van der Waals surface area contributed by atoms with Gasteiger partial charge in [0.1, 0.15) is 0 Å². The molecule has 6 aromatic rings. The Morgan fingerprint density at radius 2 is 0.959 bits per heavy atom. The van der Waals surface area contributed by atoms with Crippen LogP contribution in [0.25, 0.3) is 16.6 Å². The number of benzene rings is 5. The van der Waals surface area contributed by atoms with E-state index in [1.54, 1.807) is 0 Å². The van der Waals surface area contributed by atoms with Crippen molar-refractivity contribution in [2.75, 3.05) is 9.80 Å². The summed E-state index contributed by atoms with van der Waals surface area (Å²) in [5.41, 5.74) is 19.9. The molecule has 4 heterocycles. The van der Waals surface area contributed by atoms with Crippen LogP contribution in [0.5, 0.6) is 0 Å². The SMILES string of the molecule is Cc1cc2c3c(c1)N(c1ccc(C(C)(C)C)cc1)c1c4n(c5ccccc15)-c1cc(C(C)(C)C)cc(c1B34)N2c1ccc(C(C)(C)C)cc1. The van der Waals surface area contributed by atoms with Crippen LogP contribution in [0.15, 0.2) is 97.1 Å². The van der Waals surface area contributed by atoms with E-state index < -0.39 is 0 Å². The molecule has 0 atom stereocenters. The molecule has 3 aliphatic heterocycles. The van der Waals surface area contributed by atoms with Gasteiger partial charge < -0.3 is 14.4 Å². The van der Waals surface area contributed by atoms with Crippen LogP contribution in [0.2, 0.25) is 0 Å². The van der Waals surface area contributed by atoms with Crippen LogP contribution in [-0.2, 0) is 16.2 Å². The number of hydrogen-bond acceptors (Lipinski definition) is 2. The van der Waals surface area contributed by atoms with Gasteiger partial charge in [0.25, 0.3) is 6.71 Å². The number of hydrogen-bond donors (Lipinski definition) is 0. The van der Waals surface area contributed by atoms with Gasteiger partial charge in [0.2, 0.25) is 0 Å². The monoisotopic (exact) mass is 639 g/mol. The van der Waals surface area contributed by atoms with Crippen molar-refractivity contribution in [3.05, 3.63) is 119 Å². The molecule has 0 fully saturated rings. The predicted molar refractivity (Wildman–Crippen MR) is 212 cm³/mol. The molecule has 4 heteroatoms. The highest BCUT2D eigenvalue weighted by Crippen LogP contribution is 2.50. The van der Waals surface area contributed by atoms with Crippen molar-refractivity contribution in [1.29, 1.82) is 0 Å². The molecule has 9 rings (SSSR count). The van der Waals surface area contributed by atoms with E-state index in [0.29, 0.717) is 0 Å². The van der Waals surface area contributed by atoms with Crippen LogP contribution >= 0.6 is 0 Å². The lowest BCUT2D eigenvalue weighted by Crippen LogP contribution is -2.59. The van der Waals surface area contributed by atoms with E-state index in [4.69, 9.17) is 0 Å². The van der Waals surface area contributed by atoms with Gasteiger partial charge in [-0.05, 0) is 111 Å². The van der Waals surface area contributed by atoms with E-state index in [0.717, 1.165) is 0 Å². The van der Waals surface area contributed by atoms with Crippen molar-refractivity contribution in [3.8, 4) is 5.69 Å². The fourth-order valence-electron chi connectivity index (χ4n) is 8.59. The van der Waals surface area contributed by atoms with E-state index in [1.165, 1.54) is 89.5 Å². The summed E-state index contributed by atoms with van der Waals surface area (Å²) in [7, 11) is 0. The van der Waals surface area contributed by atoms with Gasteiger partial charge in [-0.3, -0.25) is 0 Å². The number of nitrogens with zero attached hydrogens (tertiary/aromatic N) is 3. The van der Waals surface area contributed by atoms with Gasteiger partial charge >= 0.3 is 0 Å². The molecule has 0 saturated carbocycles. The van der Waals surface area contributed by atoms with Crippen LogP contribution in [0.4, 0.5) is 34.1 Å². The molecule has 0 unspecified atom stereocenters. The van der Waals surface area contributed by atoms with E-state index in [1.807, 2.05) is 0 Å². The van der Waals surface area contributed by atoms with Gasteiger partial charge in [-0.15, -0.1) is 0 Å². The minimum absolute atomic E-state index is 0.0175. The largest absolute Gasteiger partial charge is 0.320 e. The Kier molecular flexibility index (Phi) is 6.02. The van der Waals surface area contributed by atoms with E-state index in [-0.39, 0.29) is 23.0 Å². The predicted octanol–water partition coefficient (Wildman–Crippen LogP) is 10.2. The number of aryl methyl sites for hydroxylation is 1. The lowest BCUT2D eigenvalue weighted by molar-refractivity contribution is 0.589. The van der Waals surface area contributed by atoms with Crippen molar-refractivity contribution >= 4 is 68.3 Å². The zero-order chi connectivity index (χ0) is 34.4. The van der Waals surface area contributed by atoms with Crippen molar-refractivity contribution in [3.63, 3.8) is 0 Å². The molecule has 5 aromatic carbocycles. The second-order valence-corrected chi connectivity index (χ2v) is 17.7. The number of rotatable bonds is 2. The quantitative estimate of drug-likeness (QED) is 0.175. The standard InChI is InChI=1S/C45H46BN3/c1-27-23-35-39-36(24-27)48(32-21-17-29(18-22-32)44(5,6)7)41-33-13-11-12-14-34(33)49-38-26-30(45(8,9)10)25-37(40(38)46(39)42(41)49)47(35)31-19-15-28(16-20-31)43(2,3)4/h11-26H,1-10H3. The molecule has 3 nitrogen and oxygen atoms in total. The average Bonchev–Trinajstić information content (AvgIpc) is 3.56. The molecule has 0 amide bonds. The summed E-state index contributed by atoms with van der Waals surface area (Å²) in [5.74, 6) is 0. The number of anilines is 6. The second kappa shape index (κ2) is 9.72. The summed E-state index contributed by atoms with van der Waals surface area (Å²) >= 11 is 0. The second-order valence-electron chi connectivity index (χ2n) is 17.7. The maximum absolute atomic E-state index is 2.61. The van der Waals surface area contributed by atoms with Crippen molar-refractivity contribution in [1.82, 2.24) is 4.57 Å². The summed E-state index contributed by atoms with van der Waals surface area (Å²) in [6.07, 6.45) is 0. The van der Waals surface area contributed by atoms with Gasteiger partial charge in [-0.25, -0.2) is 0 Å². The first-order chi connectivity index (χ1) is 23.1. The van der Waals surface area contributed by atoms with Gasteiger partial charge in [-0.1, -0.05) is 105 Å². The van der Waals surface area contributed by atoms with Crippen LogP contribution in [-0.4, -0.2) is 11.3 Å². The molecule has 1 aromatic heterocycles. The molecule has 0 saturated heterocycles. The van der Waals surface area contributed by atoms with Gasteiger partial charge in [-0.2, -0.15) is 0 Å². The molecular weight excluding hydrogens is 593 g/mol. The van der Waals surface area contributed by atoms with Crippen molar-refractivity contribution < 1.29 is 0 Å².